The summed E-state index contributed by atoms with van der Waals surface area (Å²) in [6.45, 7) is 10.6. The van der Waals surface area contributed by atoms with Crippen LogP contribution in [0.2, 0.25) is 0 Å². The van der Waals surface area contributed by atoms with Gasteiger partial charge < -0.3 is 9.88 Å². The molecule has 0 saturated carbocycles. The van der Waals surface area contributed by atoms with Crippen molar-refractivity contribution in [1.29, 1.82) is 0 Å². The molecule has 0 saturated heterocycles. The summed E-state index contributed by atoms with van der Waals surface area (Å²) in [5, 5.41) is 3.48. The average molecular weight is 309 g/mol. The number of rotatable bonds is 2. The van der Waals surface area contributed by atoms with Gasteiger partial charge in [-0.2, -0.15) is 0 Å². The Bertz CT molecular complexity index is 871. The van der Waals surface area contributed by atoms with E-state index in [9.17, 15) is 0 Å². The maximum absolute atomic E-state index is 4.58. The van der Waals surface area contributed by atoms with E-state index in [1.807, 2.05) is 18.5 Å². The van der Waals surface area contributed by atoms with E-state index in [4.69, 9.17) is 0 Å². The number of hydrogen-bond donors (Lipinski definition) is 1. The van der Waals surface area contributed by atoms with Gasteiger partial charge in [0.05, 0.1) is 6.33 Å². The molecule has 0 fully saturated rings. The van der Waals surface area contributed by atoms with Gasteiger partial charge >= 0.3 is 0 Å². The molecular formula is C18H23N5. The quantitative estimate of drug-likeness (QED) is 0.777. The predicted molar refractivity (Wildman–Crippen MR) is 94.2 cm³/mol. The highest BCUT2D eigenvalue weighted by Crippen LogP contribution is 2.30. The average Bonchev–Trinajstić information content (AvgIpc) is 2.81. The van der Waals surface area contributed by atoms with Crippen LogP contribution in [0.4, 0.5) is 11.5 Å². The molecule has 23 heavy (non-hydrogen) atoms. The summed E-state index contributed by atoms with van der Waals surface area (Å²) in [5.74, 6) is 1.50. The fourth-order valence-corrected chi connectivity index (χ4v) is 2.60. The van der Waals surface area contributed by atoms with Gasteiger partial charge in [0.25, 0.3) is 0 Å². The van der Waals surface area contributed by atoms with Crippen LogP contribution in [0.15, 0.2) is 24.5 Å². The Kier molecular flexibility index (Phi) is 3.59. The third-order valence-corrected chi connectivity index (χ3v) is 4.04. The van der Waals surface area contributed by atoms with Gasteiger partial charge in [-0.15, -0.1) is 0 Å². The van der Waals surface area contributed by atoms with Crippen LogP contribution in [0, 0.1) is 13.8 Å². The number of hydrogen-bond acceptors (Lipinski definition) is 4. The topological polar surface area (TPSA) is 55.6 Å². The van der Waals surface area contributed by atoms with Crippen LogP contribution in [0.1, 0.15) is 37.7 Å². The molecule has 0 spiro atoms. The molecule has 0 atom stereocenters. The zero-order chi connectivity index (χ0) is 16.8. The van der Waals surface area contributed by atoms with E-state index < -0.39 is 0 Å². The lowest BCUT2D eigenvalue weighted by molar-refractivity contribution is 0.590. The van der Waals surface area contributed by atoms with Crippen molar-refractivity contribution >= 4 is 22.7 Å². The second-order valence-electron chi connectivity index (χ2n) is 7.05. The van der Waals surface area contributed by atoms with Gasteiger partial charge in [-0.05, 0) is 36.5 Å². The van der Waals surface area contributed by atoms with Gasteiger partial charge in [0, 0.05) is 12.7 Å². The number of nitrogens with one attached hydrogen (secondary N) is 1. The lowest BCUT2D eigenvalue weighted by Gasteiger charge is -2.21. The molecule has 2 aromatic heterocycles. The third-order valence-electron chi connectivity index (χ3n) is 4.04. The molecule has 0 bridgehead atoms. The molecule has 5 heteroatoms. The smallest absolute Gasteiger partial charge is 0.183 e. The van der Waals surface area contributed by atoms with Crippen LogP contribution in [-0.4, -0.2) is 19.5 Å². The maximum atomic E-state index is 4.58. The van der Waals surface area contributed by atoms with Gasteiger partial charge in [-0.1, -0.05) is 32.9 Å². The van der Waals surface area contributed by atoms with Crippen molar-refractivity contribution in [1.82, 2.24) is 19.5 Å². The zero-order valence-electron chi connectivity index (χ0n) is 14.6. The molecule has 1 N–H and O–H groups in total. The number of imidazole rings is 1. The highest BCUT2D eigenvalue weighted by atomic mass is 15.1. The van der Waals surface area contributed by atoms with E-state index in [1.165, 1.54) is 11.1 Å². The summed E-state index contributed by atoms with van der Waals surface area (Å²) in [7, 11) is 1.96. The fourth-order valence-electron chi connectivity index (χ4n) is 2.60. The second-order valence-corrected chi connectivity index (χ2v) is 7.05. The minimum absolute atomic E-state index is 0.105. The molecular weight excluding hydrogens is 286 g/mol. The Morgan fingerprint density at radius 3 is 2.52 bits per heavy atom. The highest BCUT2D eigenvalue weighted by molar-refractivity contribution is 5.86. The zero-order valence-corrected chi connectivity index (χ0v) is 14.6. The summed E-state index contributed by atoms with van der Waals surface area (Å²) < 4.78 is 1.94. The van der Waals surface area contributed by atoms with Crippen molar-refractivity contribution < 1.29 is 0 Å². The summed E-state index contributed by atoms with van der Waals surface area (Å²) in [6.07, 6.45) is 1.77. The Balaban J connectivity index is 2.11. The summed E-state index contributed by atoms with van der Waals surface area (Å²) in [6, 6.07) is 6.54. The van der Waals surface area contributed by atoms with Crippen molar-refractivity contribution in [2.24, 2.45) is 7.05 Å². The molecule has 0 radical (unpaired) electrons. The number of benzene rings is 1. The largest absolute Gasteiger partial charge is 0.338 e. The molecule has 3 rings (SSSR count). The Morgan fingerprint density at radius 2 is 1.83 bits per heavy atom. The predicted octanol–water partition coefficient (Wildman–Crippen LogP) is 4.02. The number of fused-ring (bicyclic) bond motifs is 1. The normalized spacial score (nSPS) is 11.9. The van der Waals surface area contributed by atoms with Crippen molar-refractivity contribution in [2.45, 2.75) is 40.0 Å². The second kappa shape index (κ2) is 5.33. The van der Waals surface area contributed by atoms with E-state index in [1.54, 1.807) is 6.33 Å². The fraction of sp³-hybridized carbons (Fsp3) is 0.389. The molecule has 0 aliphatic rings. The van der Waals surface area contributed by atoms with Crippen LogP contribution in [0.3, 0.4) is 0 Å². The van der Waals surface area contributed by atoms with Gasteiger partial charge in [0.2, 0.25) is 0 Å². The van der Waals surface area contributed by atoms with E-state index in [2.05, 4.69) is 66.2 Å². The van der Waals surface area contributed by atoms with Gasteiger partial charge in [0.1, 0.15) is 11.3 Å². The number of aromatic nitrogens is 4. The molecule has 5 nitrogen and oxygen atoms in total. The SMILES string of the molecule is Cc1nc(Nc2cc(C(C)(C)C)ccc2C)c2c(ncn2C)n1. The van der Waals surface area contributed by atoms with E-state index >= 15 is 0 Å². The van der Waals surface area contributed by atoms with Crippen LogP contribution in [0.5, 0.6) is 0 Å². The van der Waals surface area contributed by atoms with Crippen molar-refractivity contribution in [2.75, 3.05) is 5.32 Å². The van der Waals surface area contributed by atoms with E-state index in [-0.39, 0.29) is 5.41 Å². The molecule has 0 amide bonds. The lowest BCUT2D eigenvalue weighted by Crippen LogP contribution is -2.12. The highest BCUT2D eigenvalue weighted by Gasteiger charge is 2.16. The Hall–Kier alpha value is -2.43. The van der Waals surface area contributed by atoms with Crippen LogP contribution >= 0.6 is 0 Å². The molecule has 120 valence electrons. The van der Waals surface area contributed by atoms with E-state index in [0.29, 0.717) is 11.5 Å². The van der Waals surface area contributed by atoms with E-state index in [0.717, 1.165) is 17.0 Å². The molecule has 0 unspecified atom stereocenters. The Labute approximate surface area is 136 Å². The first-order valence-electron chi connectivity index (χ1n) is 7.79. The minimum atomic E-state index is 0.105. The first-order valence-corrected chi connectivity index (χ1v) is 7.79. The first-order chi connectivity index (χ1) is 10.8. The van der Waals surface area contributed by atoms with Gasteiger partial charge in [-0.25, -0.2) is 15.0 Å². The number of nitrogens with zero attached hydrogens (tertiary/aromatic N) is 4. The monoisotopic (exact) mass is 309 g/mol. The lowest BCUT2D eigenvalue weighted by atomic mass is 9.86. The van der Waals surface area contributed by atoms with Gasteiger partial charge in [-0.3, -0.25) is 0 Å². The van der Waals surface area contributed by atoms with Crippen LogP contribution in [-0.2, 0) is 12.5 Å². The van der Waals surface area contributed by atoms with Crippen LogP contribution < -0.4 is 5.32 Å². The summed E-state index contributed by atoms with van der Waals surface area (Å²) >= 11 is 0. The van der Waals surface area contributed by atoms with Crippen molar-refractivity contribution in [3.05, 3.63) is 41.5 Å². The van der Waals surface area contributed by atoms with Crippen LogP contribution in [0.25, 0.3) is 11.2 Å². The number of aryl methyl sites for hydroxylation is 3. The van der Waals surface area contributed by atoms with Crippen molar-refractivity contribution in [3.63, 3.8) is 0 Å². The molecule has 1 aromatic carbocycles. The standard InChI is InChI=1S/C18H23N5/c1-11-7-8-13(18(3,4)5)9-14(11)22-17-15-16(19-10-23(15)6)20-12(2)21-17/h7-10H,1-6H3,(H,20,21,22). The Morgan fingerprint density at radius 1 is 1.09 bits per heavy atom. The molecule has 0 aliphatic carbocycles. The maximum Gasteiger partial charge on any atom is 0.183 e. The van der Waals surface area contributed by atoms with Crippen molar-refractivity contribution in [3.8, 4) is 0 Å². The summed E-state index contributed by atoms with van der Waals surface area (Å²) in [5.41, 5.74) is 5.27. The third kappa shape index (κ3) is 2.91. The molecule has 2 heterocycles. The van der Waals surface area contributed by atoms with Gasteiger partial charge in [0.15, 0.2) is 11.5 Å². The molecule has 0 aliphatic heterocycles. The summed E-state index contributed by atoms with van der Waals surface area (Å²) in [4.78, 5) is 13.3. The minimum Gasteiger partial charge on any atom is -0.338 e. The molecule has 3 aromatic rings. The number of anilines is 2. The first kappa shape index (κ1) is 15.5.